The average molecular weight is 303 g/mol. The Balaban J connectivity index is 2.57. The smallest absolute Gasteiger partial charge is 0.133 e. The Kier molecular flexibility index (Phi) is 4.29. The van der Waals surface area contributed by atoms with Gasteiger partial charge in [0, 0.05) is 23.1 Å². The molecule has 0 radical (unpaired) electrons. The van der Waals surface area contributed by atoms with Crippen molar-refractivity contribution in [3.8, 4) is 5.75 Å². The lowest BCUT2D eigenvalue weighted by atomic mass is 9.78. The van der Waals surface area contributed by atoms with E-state index in [2.05, 4.69) is 65.8 Å². The molecule has 1 N–H and O–H groups in total. The van der Waals surface area contributed by atoms with Gasteiger partial charge >= 0.3 is 0 Å². The van der Waals surface area contributed by atoms with E-state index >= 15 is 0 Å². The van der Waals surface area contributed by atoms with Gasteiger partial charge < -0.3 is 9.94 Å². The van der Waals surface area contributed by atoms with Gasteiger partial charge in [0.25, 0.3) is 0 Å². The third-order valence-corrected chi connectivity index (χ3v) is 4.25. The summed E-state index contributed by atoms with van der Waals surface area (Å²) < 4.78 is 0. The number of nitrogens with zero attached hydrogens (tertiary/aromatic N) is 1. The van der Waals surface area contributed by atoms with E-state index in [0.29, 0.717) is 5.75 Å². The third kappa shape index (κ3) is 3.29. The molecule has 0 aromatic heterocycles. The van der Waals surface area contributed by atoms with Gasteiger partial charge in [-0.25, -0.2) is 0 Å². The van der Waals surface area contributed by atoms with Crippen LogP contribution in [0.3, 0.4) is 0 Å². The Bertz CT molecular complexity index is 553. The van der Waals surface area contributed by atoms with E-state index in [0.717, 1.165) is 35.2 Å². The number of phenols is 1. The van der Waals surface area contributed by atoms with Gasteiger partial charge in [0.2, 0.25) is 0 Å². The molecule has 1 aromatic carbocycles. The van der Waals surface area contributed by atoms with Crippen LogP contribution in [0.1, 0.15) is 78.0 Å². The number of phenolic OH excluding ortho intramolecular Hbond substituents is 1. The van der Waals surface area contributed by atoms with E-state index in [1.165, 1.54) is 0 Å². The van der Waals surface area contributed by atoms with E-state index in [9.17, 15) is 5.11 Å². The summed E-state index contributed by atoms with van der Waals surface area (Å²) in [6.07, 6.45) is 1.98. The van der Waals surface area contributed by atoms with Gasteiger partial charge in [0.05, 0.1) is 5.71 Å². The number of rotatable bonds is 2. The van der Waals surface area contributed by atoms with Crippen LogP contribution in [0, 0.1) is 0 Å². The topological polar surface area (TPSA) is 41.8 Å². The summed E-state index contributed by atoms with van der Waals surface area (Å²) in [4.78, 5) is 5.48. The minimum Gasteiger partial charge on any atom is -0.507 e. The van der Waals surface area contributed by atoms with Gasteiger partial charge in [-0.15, -0.1) is 0 Å². The van der Waals surface area contributed by atoms with E-state index in [4.69, 9.17) is 4.84 Å². The molecule has 1 aliphatic rings. The predicted molar refractivity (Wildman–Crippen MR) is 91.8 cm³/mol. The molecule has 0 spiro atoms. The summed E-state index contributed by atoms with van der Waals surface area (Å²) in [7, 11) is 0. The molecule has 3 nitrogen and oxygen atoms in total. The first-order valence-corrected chi connectivity index (χ1v) is 8.15. The summed E-state index contributed by atoms with van der Waals surface area (Å²) in [5.74, 6) is 0.412. The number of hydrogen-bond acceptors (Lipinski definition) is 3. The molecule has 0 aliphatic carbocycles. The molecule has 0 saturated heterocycles. The summed E-state index contributed by atoms with van der Waals surface area (Å²) in [6.45, 7) is 14.9. The molecule has 122 valence electrons. The van der Waals surface area contributed by atoms with Crippen LogP contribution in [-0.4, -0.2) is 16.9 Å². The van der Waals surface area contributed by atoms with Crippen LogP contribution < -0.4 is 0 Å². The molecular formula is C19H29NO2. The number of oxime groups is 1. The molecule has 2 rings (SSSR count). The highest BCUT2D eigenvalue weighted by molar-refractivity contribution is 6.01. The van der Waals surface area contributed by atoms with Gasteiger partial charge in [0.1, 0.15) is 11.9 Å². The molecule has 1 heterocycles. The summed E-state index contributed by atoms with van der Waals surface area (Å²) in [5.41, 5.74) is 3.76. The van der Waals surface area contributed by atoms with Crippen LogP contribution in [-0.2, 0) is 15.7 Å². The standard InChI is InChI=1S/C19H29NO2/c1-8-13-11-16(20-22-13)12-9-14(18(2,3)4)17(21)15(10-12)19(5,6)7/h9-10,13,21H,8,11H2,1-7H3/t13-/m1/s1. The van der Waals surface area contributed by atoms with Crippen molar-refractivity contribution in [2.45, 2.75) is 78.2 Å². The molecule has 0 saturated carbocycles. The summed E-state index contributed by atoms with van der Waals surface area (Å²) >= 11 is 0. The van der Waals surface area contributed by atoms with E-state index < -0.39 is 0 Å². The normalized spacial score (nSPS) is 19.0. The van der Waals surface area contributed by atoms with Gasteiger partial charge in [-0.3, -0.25) is 0 Å². The van der Waals surface area contributed by atoms with Crippen molar-refractivity contribution in [1.82, 2.24) is 0 Å². The molecule has 0 unspecified atom stereocenters. The first-order valence-electron chi connectivity index (χ1n) is 8.15. The fraction of sp³-hybridized carbons (Fsp3) is 0.632. The van der Waals surface area contributed by atoms with Crippen LogP contribution in [0.25, 0.3) is 0 Å². The number of benzene rings is 1. The molecule has 0 bridgehead atoms. The largest absolute Gasteiger partial charge is 0.507 e. The van der Waals surface area contributed by atoms with Crippen molar-refractivity contribution < 1.29 is 9.94 Å². The highest BCUT2D eigenvalue weighted by atomic mass is 16.6. The van der Waals surface area contributed by atoms with Gasteiger partial charge in [0.15, 0.2) is 0 Å². The molecule has 1 aromatic rings. The summed E-state index contributed by atoms with van der Waals surface area (Å²) in [6, 6.07) is 4.15. The quantitative estimate of drug-likeness (QED) is 0.845. The minimum absolute atomic E-state index is 0.121. The van der Waals surface area contributed by atoms with Crippen molar-refractivity contribution in [1.29, 1.82) is 0 Å². The zero-order chi connectivity index (χ0) is 16.7. The fourth-order valence-electron chi connectivity index (χ4n) is 2.76. The zero-order valence-corrected chi connectivity index (χ0v) is 14.9. The third-order valence-electron chi connectivity index (χ3n) is 4.25. The second-order valence-electron chi connectivity index (χ2n) is 8.30. The Morgan fingerprint density at radius 3 is 1.95 bits per heavy atom. The van der Waals surface area contributed by atoms with Crippen molar-refractivity contribution in [2.24, 2.45) is 5.16 Å². The van der Waals surface area contributed by atoms with Crippen LogP contribution in [0.4, 0.5) is 0 Å². The Morgan fingerprint density at radius 1 is 1.09 bits per heavy atom. The van der Waals surface area contributed by atoms with Crippen LogP contribution in [0.2, 0.25) is 0 Å². The maximum atomic E-state index is 10.8. The first kappa shape index (κ1) is 16.9. The first-order chi connectivity index (χ1) is 10.0. The maximum Gasteiger partial charge on any atom is 0.133 e. The number of hydrogen-bond donors (Lipinski definition) is 1. The highest BCUT2D eigenvalue weighted by Gasteiger charge is 2.29. The summed E-state index contributed by atoms with van der Waals surface area (Å²) in [5, 5.41) is 15.0. The van der Waals surface area contributed by atoms with Crippen molar-refractivity contribution in [3.05, 3.63) is 28.8 Å². The van der Waals surface area contributed by atoms with Gasteiger partial charge in [-0.1, -0.05) is 53.6 Å². The molecule has 22 heavy (non-hydrogen) atoms. The second kappa shape index (κ2) is 5.60. The van der Waals surface area contributed by atoms with Crippen molar-refractivity contribution in [2.75, 3.05) is 0 Å². The lowest BCUT2D eigenvalue weighted by Gasteiger charge is -2.28. The molecule has 1 atom stereocenters. The minimum atomic E-state index is -0.121. The lowest BCUT2D eigenvalue weighted by molar-refractivity contribution is 0.0829. The lowest BCUT2D eigenvalue weighted by Crippen LogP contribution is -2.19. The van der Waals surface area contributed by atoms with Gasteiger partial charge in [-0.05, 0) is 29.4 Å². The molecule has 0 amide bonds. The fourth-order valence-corrected chi connectivity index (χ4v) is 2.76. The average Bonchev–Trinajstić information content (AvgIpc) is 2.85. The Hall–Kier alpha value is -1.51. The Morgan fingerprint density at radius 2 is 1.59 bits per heavy atom. The number of aromatic hydroxyl groups is 1. The Labute approximate surface area is 134 Å². The highest BCUT2D eigenvalue weighted by Crippen LogP contribution is 2.40. The molecular weight excluding hydrogens is 274 g/mol. The predicted octanol–water partition coefficient (Wildman–Crippen LogP) is 4.89. The van der Waals surface area contributed by atoms with Crippen molar-refractivity contribution in [3.63, 3.8) is 0 Å². The van der Waals surface area contributed by atoms with Crippen LogP contribution >= 0.6 is 0 Å². The second-order valence-corrected chi connectivity index (χ2v) is 8.30. The van der Waals surface area contributed by atoms with E-state index in [1.54, 1.807) is 0 Å². The maximum absolute atomic E-state index is 10.8. The van der Waals surface area contributed by atoms with Crippen LogP contribution in [0.5, 0.6) is 5.75 Å². The SMILES string of the molecule is CC[C@@H]1CC(c2cc(C(C)(C)C)c(O)c(C(C)(C)C)c2)=NO1. The monoisotopic (exact) mass is 303 g/mol. The van der Waals surface area contributed by atoms with Gasteiger partial charge in [-0.2, -0.15) is 0 Å². The van der Waals surface area contributed by atoms with Crippen molar-refractivity contribution >= 4 is 5.71 Å². The molecule has 0 fully saturated rings. The zero-order valence-electron chi connectivity index (χ0n) is 14.9. The van der Waals surface area contributed by atoms with Crippen LogP contribution in [0.15, 0.2) is 17.3 Å². The van der Waals surface area contributed by atoms with E-state index in [-0.39, 0.29) is 16.9 Å². The molecule has 3 heteroatoms. The van der Waals surface area contributed by atoms with E-state index in [1.807, 2.05) is 0 Å². The molecule has 1 aliphatic heterocycles.